The van der Waals surface area contributed by atoms with E-state index in [-0.39, 0.29) is 17.4 Å². The summed E-state index contributed by atoms with van der Waals surface area (Å²) >= 11 is 0. The van der Waals surface area contributed by atoms with Crippen LogP contribution in [0.25, 0.3) is 0 Å². The van der Waals surface area contributed by atoms with Crippen LogP contribution in [-0.2, 0) is 5.41 Å². The number of ether oxygens (including phenoxy) is 1. The van der Waals surface area contributed by atoms with Gasteiger partial charge in [-0.15, -0.1) is 0 Å². The van der Waals surface area contributed by atoms with Gasteiger partial charge in [0.2, 0.25) is 0 Å². The smallest absolute Gasteiger partial charge is 0.255 e. The molecule has 3 heteroatoms. The van der Waals surface area contributed by atoms with Crippen LogP contribution in [-0.4, -0.2) is 12.0 Å². The molecule has 0 saturated carbocycles. The standard InChI is InChI=1S/C20H25NO2/c1-14(2)23-16-10-8-9-15(13-16)21-19(22)17-11-6-7-12-18(17)20(3,4)5/h6-14H,1-5H3,(H,21,22). The zero-order valence-electron chi connectivity index (χ0n) is 14.5. The number of benzene rings is 2. The van der Waals surface area contributed by atoms with Gasteiger partial charge in [-0.1, -0.05) is 45.0 Å². The summed E-state index contributed by atoms with van der Waals surface area (Å²) in [6, 6.07) is 15.2. The van der Waals surface area contributed by atoms with Gasteiger partial charge in [0, 0.05) is 17.3 Å². The Balaban J connectivity index is 2.23. The van der Waals surface area contributed by atoms with Gasteiger partial charge in [-0.2, -0.15) is 0 Å². The summed E-state index contributed by atoms with van der Waals surface area (Å²) < 4.78 is 5.67. The topological polar surface area (TPSA) is 38.3 Å². The molecule has 0 saturated heterocycles. The highest BCUT2D eigenvalue weighted by Crippen LogP contribution is 2.27. The zero-order chi connectivity index (χ0) is 17.0. The highest BCUT2D eigenvalue weighted by atomic mass is 16.5. The molecule has 0 spiro atoms. The third-order valence-corrected chi connectivity index (χ3v) is 3.44. The van der Waals surface area contributed by atoms with Crippen LogP contribution >= 0.6 is 0 Å². The first-order valence-corrected chi connectivity index (χ1v) is 7.95. The van der Waals surface area contributed by atoms with Gasteiger partial charge >= 0.3 is 0 Å². The molecule has 0 bridgehead atoms. The molecule has 2 aromatic rings. The van der Waals surface area contributed by atoms with E-state index in [1.54, 1.807) is 0 Å². The summed E-state index contributed by atoms with van der Waals surface area (Å²) in [4.78, 5) is 12.7. The Morgan fingerprint density at radius 2 is 1.74 bits per heavy atom. The maximum atomic E-state index is 12.7. The second-order valence-electron chi connectivity index (χ2n) is 6.94. The summed E-state index contributed by atoms with van der Waals surface area (Å²) in [5.41, 5.74) is 2.38. The molecule has 2 rings (SSSR count). The third-order valence-electron chi connectivity index (χ3n) is 3.44. The first-order valence-electron chi connectivity index (χ1n) is 7.95. The van der Waals surface area contributed by atoms with E-state index in [0.717, 1.165) is 17.0 Å². The second-order valence-corrected chi connectivity index (χ2v) is 6.94. The monoisotopic (exact) mass is 311 g/mol. The molecular formula is C20H25NO2. The van der Waals surface area contributed by atoms with Crippen LogP contribution in [0.5, 0.6) is 5.75 Å². The molecule has 0 fully saturated rings. The number of hydrogen-bond donors (Lipinski definition) is 1. The predicted octanol–water partition coefficient (Wildman–Crippen LogP) is 5.02. The van der Waals surface area contributed by atoms with Gasteiger partial charge in [0.25, 0.3) is 5.91 Å². The van der Waals surface area contributed by atoms with Crippen molar-refractivity contribution in [2.24, 2.45) is 0 Å². The third kappa shape index (κ3) is 4.59. The highest BCUT2D eigenvalue weighted by Gasteiger charge is 2.21. The van der Waals surface area contributed by atoms with Gasteiger partial charge in [-0.25, -0.2) is 0 Å². The Hall–Kier alpha value is -2.29. The first-order chi connectivity index (χ1) is 10.8. The van der Waals surface area contributed by atoms with E-state index in [1.807, 2.05) is 62.4 Å². The predicted molar refractivity (Wildman–Crippen MR) is 95.3 cm³/mol. The van der Waals surface area contributed by atoms with Crippen molar-refractivity contribution in [2.45, 2.75) is 46.1 Å². The number of carbonyl (C=O) groups excluding carboxylic acids is 1. The Morgan fingerprint density at radius 1 is 1.04 bits per heavy atom. The van der Waals surface area contributed by atoms with Gasteiger partial charge in [0.15, 0.2) is 0 Å². The van der Waals surface area contributed by atoms with Gasteiger partial charge < -0.3 is 10.1 Å². The second kappa shape index (κ2) is 6.86. The van der Waals surface area contributed by atoms with Crippen molar-refractivity contribution in [3.8, 4) is 5.75 Å². The van der Waals surface area contributed by atoms with E-state index in [2.05, 4.69) is 26.1 Å². The molecule has 23 heavy (non-hydrogen) atoms. The largest absolute Gasteiger partial charge is 0.491 e. The molecule has 0 aliphatic rings. The van der Waals surface area contributed by atoms with Crippen LogP contribution in [0.4, 0.5) is 5.69 Å². The lowest BCUT2D eigenvalue weighted by Gasteiger charge is -2.22. The van der Waals surface area contributed by atoms with E-state index in [1.165, 1.54) is 0 Å². The number of nitrogens with one attached hydrogen (secondary N) is 1. The quantitative estimate of drug-likeness (QED) is 0.860. The molecule has 1 amide bonds. The Labute approximate surface area is 138 Å². The molecule has 122 valence electrons. The Kier molecular flexibility index (Phi) is 5.09. The molecule has 0 heterocycles. The number of rotatable bonds is 4. The lowest BCUT2D eigenvalue weighted by atomic mass is 9.83. The number of anilines is 1. The molecular weight excluding hydrogens is 286 g/mol. The minimum Gasteiger partial charge on any atom is -0.491 e. The lowest BCUT2D eigenvalue weighted by molar-refractivity contribution is 0.102. The van der Waals surface area contributed by atoms with Crippen molar-refractivity contribution < 1.29 is 9.53 Å². The summed E-state index contributed by atoms with van der Waals surface area (Å²) in [6.07, 6.45) is 0.0996. The molecule has 0 atom stereocenters. The molecule has 0 aliphatic heterocycles. The fourth-order valence-electron chi connectivity index (χ4n) is 2.45. The fraction of sp³-hybridized carbons (Fsp3) is 0.350. The average molecular weight is 311 g/mol. The Morgan fingerprint density at radius 3 is 2.39 bits per heavy atom. The van der Waals surface area contributed by atoms with E-state index in [4.69, 9.17) is 4.74 Å². The van der Waals surface area contributed by atoms with E-state index < -0.39 is 0 Å². The minimum absolute atomic E-state index is 0.0868. The maximum absolute atomic E-state index is 12.7. The van der Waals surface area contributed by atoms with Crippen LogP contribution in [0, 0.1) is 0 Å². The molecule has 2 aromatic carbocycles. The SMILES string of the molecule is CC(C)Oc1cccc(NC(=O)c2ccccc2C(C)(C)C)c1. The average Bonchev–Trinajstić information content (AvgIpc) is 2.46. The Bertz CT molecular complexity index is 684. The maximum Gasteiger partial charge on any atom is 0.255 e. The number of hydrogen-bond acceptors (Lipinski definition) is 2. The number of amides is 1. The summed E-state index contributed by atoms with van der Waals surface area (Å²) in [5.74, 6) is 0.652. The van der Waals surface area contributed by atoms with Crippen LogP contribution in [0.3, 0.4) is 0 Å². The van der Waals surface area contributed by atoms with Crippen LogP contribution in [0.1, 0.15) is 50.5 Å². The summed E-state index contributed by atoms with van der Waals surface area (Å²) in [7, 11) is 0. The van der Waals surface area contributed by atoms with Crippen LogP contribution < -0.4 is 10.1 Å². The minimum atomic E-state index is -0.0998. The normalized spacial score (nSPS) is 11.4. The van der Waals surface area contributed by atoms with E-state index in [0.29, 0.717) is 5.56 Å². The molecule has 0 radical (unpaired) electrons. The molecule has 3 nitrogen and oxygen atoms in total. The lowest BCUT2D eigenvalue weighted by Crippen LogP contribution is -2.20. The summed E-state index contributed by atoms with van der Waals surface area (Å²) in [5, 5.41) is 2.97. The molecule has 0 aliphatic carbocycles. The summed E-state index contributed by atoms with van der Waals surface area (Å²) in [6.45, 7) is 10.3. The van der Waals surface area contributed by atoms with Crippen LogP contribution in [0.15, 0.2) is 48.5 Å². The van der Waals surface area contributed by atoms with Gasteiger partial charge in [0.05, 0.1) is 6.10 Å². The van der Waals surface area contributed by atoms with Gasteiger partial charge in [-0.3, -0.25) is 4.79 Å². The molecule has 0 unspecified atom stereocenters. The van der Waals surface area contributed by atoms with Gasteiger partial charge in [-0.05, 0) is 43.0 Å². The molecule has 0 aromatic heterocycles. The van der Waals surface area contributed by atoms with E-state index in [9.17, 15) is 4.79 Å². The van der Waals surface area contributed by atoms with Crippen molar-refractivity contribution >= 4 is 11.6 Å². The van der Waals surface area contributed by atoms with Crippen molar-refractivity contribution in [3.63, 3.8) is 0 Å². The van der Waals surface area contributed by atoms with Crippen molar-refractivity contribution in [2.75, 3.05) is 5.32 Å². The zero-order valence-corrected chi connectivity index (χ0v) is 14.5. The van der Waals surface area contributed by atoms with Crippen molar-refractivity contribution in [1.82, 2.24) is 0 Å². The fourth-order valence-corrected chi connectivity index (χ4v) is 2.45. The van der Waals surface area contributed by atoms with Crippen molar-refractivity contribution in [1.29, 1.82) is 0 Å². The van der Waals surface area contributed by atoms with E-state index >= 15 is 0 Å². The van der Waals surface area contributed by atoms with Gasteiger partial charge in [0.1, 0.15) is 5.75 Å². The molecule has 1 N–H and O–H groups in total. The number of carbonyl (C=O) groups is 1. The van der Waals surface area contributed by atoms with Crippen LogP contribution in [0.2, 0.25) is 0 Å². The highest BCUT2D eigenvalue weighted by molar-refractivity contribution is 6.05. The van der Waals surface area contributed by atoms with Crippen molar-refractivity contribution in [3.05, 3.63) is 59.7 Å². The first kappa shape index (κ1) is 17.1.